The number of amides is 2. The van der Waals surface area contributed by atoms with Crippen molar-refractivity contribution in [3.63, 3.8) is 0 Å². The highest BCUT2D eigenvalue weighted by molar-refractivity contribution is 7.90. The summed E-state index contributed by atoms with van der Waals surface area (Å²) < 4.78 is 25.5. The van der Waals surface area contributed by atoms with Gasteiger partial charge in [0, 0.05) is 30.2 Å². The largest absolute Gasteiger partial charge is 0.337 e. The molecule has 0 radical (unpaired) electrons. The van der Waals surface area contributed by atoms with E-state index in [1.54, 1.807) is 35.3 Å². The second kappa shape index (κ2) is 8.61. The van der Waals surface area contributed by atoms with Crippen LogP contribution >= 0.6 is 22.7 Å². The molecule has 0 aliphatic carbocycles. The van der Waals surface area contributed by atoms with E-state index in [4.69, 9.17) is 4.98 Å². The van der Waals surface area contributed by atoms with Crippen molar-refractivity contribution in [1.82, 2.24) is 9.88 Å². The zero-order chi connectivity index (χ0) is 24.0. The molecule has 3 heterocycles. The lowest BCUT2D eigenvalue weighted by Gasteiger charge is -2.26. The first-order chi connectivity index (χ1) is 16.2. The molecule has 5 rings (SSSR count). The molecule has 0 saturated heterocycles. The van der Waals surface area contributed by atoms with Gasteiger partial charge in [0.2, 0.25) is 5.91 Å². The molecular formula is C24H21N3O4S3. The molecule has 0 atom stereocenters. The Morgan fingerprint density at radius 3 is 2.53 bits per heavy atom. The Kier molecular flexibility index (Phi) is 5.75. The molecule has 1 aliphatic rings. The summed E-state index contributed by atoms with van der Waals surface area (Å²) in [6.45, 7) is 2.63. The van der Waals surface area contributed by atoms with Crippen LogP contribution in [0.3, 0.4) is 0 Å². The van der Waals surface area contributed by atoms with Gasteiger partial charge in [0.25, 0.3) is 5.91 Å². The number of hydrogen-bond donors (Lipinski definition) is 1. The number of aromatic nitrogens is 1. The number of fused-ring (bicyclic) bond motifs is 2. The van der Waals surface area contributed by atoms with Crippen molar-refractivity contribution in [1.29, 1.82) is 0 Å². The van der Waals surface area contributed by atoms with Gasteiger partial charge < -0.3 is 10.2 Å². The molecule has 1 N–H and O–H groups in total. The second-order valence-corrected chi connectivity index (χ2v) is 12.2. The normalized spacial score (nSPS) is 13.6. The van der Waals surface area contributed by atoms with Crippen LogP contribution < -0.4 is 5.32 Å². The van der Waals surface area contributed by atoms with Crippen LogP contribution in [0.5, 0.6) is 0 Å². The molecule has 4 aromatic rings. The summed E-state index contributed by atoms with van der Waals surface area (Å²) in [5.41, 5.74) is 2.91. The third kappa shape index (κ3) is 4.13. The molecule has 2 amide bonds. The molecule has 0 spiro atoms. The van der Waals surface area contributed by atoms with Gasteiger partial charge in [0.1, 0.15) is 10.0 Å². The number of hydrogen-bond acceptors (Lipinski definition) is 7. The number of sulfone groups is 1. The van der Waals surface area contributed by atoms with E-state index in [-0.39, 0.29) is 16.4 Å². The monoisotopic (exact) mass is 511 g/mol. The van der Waals surface area contributed by atoms with E-state index >= 15 is 0 Å². The highest BCUT2D eigenvalue weighted by Gasteiger charge is 2.29. The summed E-state index contributed by atoms with van der Waals surface area (Å²) in [7, 11) is -3.58. The maximum Gasteiger partial charge on any atom is 0.257 e. The maximum absolute atomic E-state index is 13.3. The van der Waals surface area contributed by atoms with E-state index in [2.05, 4.69) is 5.32 Å². The average molecular weight is 512 g/mol. The van der Waals surface area contributed by atoms with Crippen LogP contribution in [0.2, 0.25) is 0 Å². The summed E-state index contributed by atoms with van der Waals surface area (Å²) in [4.78, 5) is 32.8. The summed E-state index contributed by atoms with van der Waals surface area (Å²) in [5.74, 6) is -0.487. The van der Waals surface area contributed by atoms with E-state index in [0.29, 0.717) is 24.5 Å². The first-order valence-corrected chi connectivity index (χ1v) is 14.1. The van der Waals surface area contributed by atoms with Gasteiger partial charge in [-0.1, -0.05) is 24.3 Å². The predicted molar refractivity (Wildman–Crippen MR) is 135 cm³/mol. The van der Waals surface area contributed by atoms with Gasteiger partial charge in [-0.15, -0.1) is 22.7 Å². The van der Waals surface area contributed by atoms with E-state index < -0.39 is 15.7 Å². The SMILES string of the molecule is CC(=O)N1CCc2c(sc(NC(=O)c3ccccc3S(C)(=O)=O)c2-c2nc3ccccc3s2)C1. The Morgan fingerprint density at radius 2 is 1.79 bits per heavy atom. The van der Waals surface area contributed by atoms with Crippen LogP contribution in [0.15, 0.2) is 53.4 Å². The van der Waals surface area contributed by atoms with Crippen LogP contribution in [0.25, 0.3) is 20.8 Å². The Bertz CT molecular complexity index is 1520. The number of thiophene rings is 1. The first-order valence-electron chi connectivity index (χ1n) is 10.6. The lowest BCUT2D eigenvalue weighted by Crippen LogP contribution is -2.33. The highest BCUT2D eigenvalue weighted by Crippen LogP contribution is 2.46. The zero-order valence-electron chi connectivity index (χ0n) is 18.5. The molecule has 2 aromatic carbocycles. The summed E-state index contributed by atoms with van der Waals surface area (Å²) in [5, 5.41) is 4.37. The number of nitrogens with one attached hydrogen (secondary N) is 1. The lowest BCUT2D eigenvalue weighted by molar-refractivity contribution is -0.129. The molecule has 0 fully saturated rings. The Hall–Kier alpha value is -3.08. The van der Waals surface area contributed by atoms with E-state index in [1.165, 1.54) is 23.5 Å². The molecule has 34 heavy (non-hydrogen) atoms. The second-order valence-electron chi connectivity index (χ2n) is 8.11. The molecule has 0 bridgehead atoms. The van der Waals surface area contributed by atoms with Crippen molar-refractivity contribution in [3.05, 3.63) is 64.5 Å². The third-order valence-corrected chi connectivity index (χ3v) is 9.11. The topological polar surface area (TPSA) is 96.4 Å². The van der Waals surface area contributed by atoms with Crippen molar-refractivity contribution >= 4 is 59.5 Å². The highest BCUT2D eigenvalue weighted by atomic mass is 32.2. The lowest BCUT2D eigenvalue weighted by atomic mass is 10.0. The van der Waals surface area contributed by atoms with Crippen LogP contribution in [-0.2, 0) is 27.6 Å². The van der Waals surface area contributed by atoms with Crippen LogP contribution in [0.1, 0.15) is 27.7 Å². The minimum Gasteiger partial charge on any atom is -0.337 e. The van der Waals surface area contributed by atoms with Crippen molar-refractivity contribution in [2.75, 3.05) is 18.1 Å². The molecule has 0 unspecified atom stereocenters. The summed E-state index contributed by atoms with van der Waals surface area (Å²) in [6.07, 6.45) is 1.75. The smallest absolute Gasteiger partial charge is 0.257 e. The van der Waals surface area contributed by atoms with Crippen LogP contribution in [0.4, 0.5) is 5.00 Å². The van der Waals surface area contributed by atoms with Gasteiger partial charge in [-0.2, -0.15) is 0 Å². The van der Waals surface area contributed by atoms with Gasteiger partial charge in [0.15, 0.2) is 9.84 Å². The molecular weight excluding hydrogens is 490 g/mol. The predicted octanol–water partition coefficient (Wildman–Crippen LogP) is 4.59. The molecule has 174 valence electrons. The number of para-hydroxylation sites is 1. The minimum absolute atomic E-state index is 0.00764. The number of thiazole rings is 1. The van der Waals surface area contributed by atoms with Crippen molar-refractivity contribution in [2.24, 2.45) is 0 Å². The molecule has 10 heteroatoms. The van der Waals surface area contributed by atoms with Crippen LogP contribution in [0, 0.1) is 0 Å². The number of carbonyl (C=O) groups excluding carboxylic acids is 2. The van der Waals surface area contributed by atoms with E-state index in [9.17, 15) is 18.0 Å². The fourth-order valence-electron chi connectivity index (χ4n) is 4.11. The number of anilines is 1. The Morgan fingerprint density at radius 1 is 1.06 bits per heavy atom. The summed E-state index contributed by atoms with van der Waals surface area (Å²) >= 11 is 2.96. The molecule has 7 nitrogen and oxygen atoms in total. The molecule has 0 saturated carbocycles. The van der Waals surface area contributed by atoms with Gasteiger partial charge in [-0.25, -0.2) is 13.4 Å². The number of benzene rings is 2. The minimum atomic E-state index is -3.58. The van der Waals surface area contributed by atoms with Crippen molar-refractivity contribution < 1.29 is 18.0 Å². The van der Waals surface area contributed by atoms with Crippen molar-refractivity contribution in [2.45, 2.75) is 24.8 Å². The van der Waals surface area contributed by atoms with Gasteiger partial charge in [-0.05, 0) is 36.2 Å². The number of carbonyl (C=O) groups is 2. The summed E-state index contributed by atoms with van der Waals surface area (Å²) in [6, 6.07) is 14.0. The van der Waals surface area contributed by atoms with Crippen LogP contribution in [-0.4, -0.2) is 42.9 Å². The third-order valence-electron chi connectivity index (χ3n) is 5.77. The molecule has 1 aliphatic heterocycles. The molecule has 2 aromatic heterocycles. The van der Waals surface area contributed by atoms with E-state index in [1.807, 2.05) is 24.3 Å². The fraction of sp³-hybridized carbons (Fsp3) is 0.208. The first kappa shape index (κ1) is 22.7. The van der Waals surface area contributed by atoms with Gasteiger partial charge in [0.05, 0.1) is 27.2 Å². The zero-order valence-corrected chi connectivity index (χ0v) is 20.9. The maximum atomic E-state index is 13.3. The number of nitrogens with zero attached hydrogens (tertiary/aromatic N) is 2. The van der Waals surface area contributed by atoms with Gasteiger partial charge in [-0.3, -0.25) is 9.59 Å². The standard InChI is InChI=1S/C24H21N3O4S3/c1-14(28)27-12-11-15-19(13-27)33-24(21(15)23-25-17-8-4-5-9-18(17)32-23)26-22(29)16-7-3-6-10-20(16)34(2,30)31/h3-10H,11-13H2,1-2H3,(H,26,29). The fourth-order valence-corrected chi connectivity index (χ4v) is 7.37. The quantitative estimate of drug-likeness (QED) is 0.432. The number of rotatable bonds is 4. The average Bonchev–Trinajstić information content (AvgIpc) is 3.38. The van der Waals surface area contributed by atoms with Gasteiger partial charge >= 0.3 is 0 Å². The van der Waals surface area contributed by atoms with Crippen molar-refractivity contribution in [3.8, 4) is 10.6 Å². The Balaban J connectivity index is 1.61. The van der Waals surface area contributed by atoms with E-state index in [0.717, 1.165) is 37.5 Å². The Labute approximate surface area is 205 Å².